The molecule has 2 heteroatoms. The van der Waals surface area contributed by atoms with Crippen molar-refractivity contribution in [2.24, 2.45) is 28.6 Å². The Morgan fingerprint density at radius 1 is 1.10 bits per heavy atom. The maximum Gasteiger partial charge on any atom is 0.155 e. The second kappa shape index (κ2) is 4.54. The first kappa shape index (κ1) is 13.7. The van der Waals surface area contributed by atoms with Crippen LogP contribution in [0.25, 0.3) is 0 Å². The summed E-state index contributed by atoms with van der Waals surface area (Å²) in [5.41, 5.74) is 1.44. The van der Waals surface area contributed by atoms with Gasteiger partial charge in [0, 0.05) is 6.42 Å². The summed E-state index contributed by atoms with van der Waals surface area (Å²) >= 11 is 0. The van der Waals surface area contributed by atoms with Crippen LogP contribution in [0.5, 0.6) is 0 Å². The van der Waals surface area contributed by atoms with E-state index in [0.29, 0.717) is 17.8 Å². The molecular weight excluding hydrogens is 260 g/mol. The molecule has 0 amide bonds. The van der Waals surface area contributed by atoms with Crippen molar-refractivity contribution in [1.82, 2.24) is 0 Å². The predicted molar refractivity (Wildman–Crippen MR) is 81.7 cm³/mol. The Labute approximate surface area is 127 Å². The highest BCUT2D eigenvalue weighted by Gasteiger charge is 2.57. The number of ketones is 1. The Kier molecular flexibility index (Phi) is 2.96. The van der Waals surface area contributed by atoms with Gasteiger partial charge in [0.1, 0.15) is 6.29 Å². The van der Waals surface area contributed by atoms with Gasteiger partial charge in [0.2, 0.25) is 0 Å². The molecule has 3 fully saturated rings. The zero-order valence-electron chi connectivity index (χ0n) is 13.1. The van der Waals surface area contributed by atoms with Crippen LogP contribution >= 0.6 is 0 Å². The van der Waals surface area contributed by atoms with Crippen LogP contribution in [0.3, 0.4) is 0 Å². The summed E-state index contributed by atoms with van der Waals surface area (Å²) in [4.78, 5) is 23.9. The van der Waals surface area contributed by atoms with Crippen molar-refractivity contribution in [3.05, 3.63) is 11.6 Å². The molecule has 0 aliphatic heterocycles. The molecule has 0 N–H and O–H groups in total. The quantitative estimate of drug-likeness (QED) is 0.680. The van der Waals surface area contributed by atoms with E-state index in [1.807, 2.05) is 6.08 Å². The van der Waals surface area contributed by atoms with E-state index >= 15 is 0 Å². The molecule has 5 atom stereocenters. The van der Waals surface area contributed by atoms with Gasteiger partial charge in [0.25, 0.3) is 0 Å². The van der Waals surface area contributed by atoms with E-state index in [9.17, 15) is 9.59 Å². The van der Waals surface area contributed by atoms with Gasteiger partial charge in [-0.3, -0.25) is 4.79 Å². The zero-order valence-corrected chi connectivity index (χ0v) is 13.1. The summed E-state index contributed by atoms with van der Waals surface area (Å²) in [5.74, 6) is 2.30. The molecule has 0 radical (unpaired) electrons. The van der Waals surface area contributed by atoms with E-state index < -0.39 is 0 Å². The first-order chi connectivity index (χ1) is 10.1. The summed E-state index contributed by atoms with van der Waals surface area (Å²) in [7, 11) is 0. The van der Waals surface area contributed by atoms with Gasteiger partial charge in [-0.1, -0.05) is 18.9 Å². The summed E-state index contributed by atoms with van der Waals surface area (Å²) in [6, 6.07) is 0. The lowest BCUT2D eigenvalue weighted by atomic mass is 9.47. The van der Waals surface area contributed by atoms with E-state index in [1.165, 1.54) is 50.4 Å². The van der Waals surface area contributed by atoms with Gasteiger partial charge in [-0.05, 0) is 74.2 Å². The van der Waals surface area contributed by atoms with Crippen molar-refractivity contribution in [2.45, 2.75) is 64.7 Å². The first-order valence-electron chi connectivity index (χ1n) is 8.79. The van der Waals surface area contributed by atoms with Gasteiger partial charge < -0.3 is 4.79 Å². The molecule has 21 heavy (non-hydrogen) atoms. The Bertz CT molecular complexity index is 520. The average molecular weight is 286 g/mol. The fourth-order valence-electron chi connectivity index (χ4n) is 6.49. The van der Waals surface area contributed by atoms with Crippen LogP contribution in [0.4, 0.5) is 0 Å². The number of fused-ring (bicyclic) bond motifs is 5. The molecule has 0 aromatic rings. The minimum absolute atomic E-state index is 0.238. The monoisotopic (exact) mass is 286 g/mol. The number of hydrogen-bond acceptors (Lipinski definition) is 2. The lowest BCUT2D eigenvalue weighted by Crippen LogP contribution is -2.51. The third kappa shape index (κ3) is 1.77. The molecule has 0 saturated heterocycles. The van der Waals surface area contributed by atoms with Crippen molar-refractivity contribution in [3.8, 4) is 0 Å². The highest BCUT2D eigenvalue weighted by Crippen LogP contribution is 2.64. The van der Waals surface area contributed by atoms with Crippen LogP contribution in [0.2, 0.25) is 0 Å². The van der Waals surface area contributed by atoms with E-state index in [2.05, 4.69) is 6.92 Å². The molecule has 4 rings (SSSR count). The molecule has 114 valence electrons. The molecule has 0 aromatic carbocycles. The van der Waals surface area contributed by atoms with Crippen LogP contribution in [0.1, 0.15) is 64.7 Å². The maximum atomic E-state index is 12.1. The van der Waals surface area contributed by atoms with Crippen molar-refractivity contribution in [1.29, 1.82) is 0 Å². The fraction of sp³-hybridized carbons (Fsp3) is 0.789. The predicted octanol–water partition coefficient (Wildman–Crippen LogP) is 4.09. The molecule has 0 unspecified atom stereocenters. The third-order valence-corrected chi connectivity index (χ3v) is 7.56. The largest absolute Gasteiger partial charge is 0.302 e. The number of carbonyl (C=O) groups is 2. The molecule has 0 heterocycles. The Balaban J connectivity index is 1.73. The summed E-state index contributed by atoms with van der Waals surface area (Å²) < 4.78 is 0. The van der Waals surface area contributed by atoms with Crippen LogP contribution in [-0.2, 0) is 9.59 Å². The minimum Gasteiger partial charge on any atom is -0.302 e. The van der Waals surface area contributed by atoms with Gasteiger partial charge in [0.15, 0.2) is 5.78 Å². The molecule has 4 aliphatic rings. The minimum atomic E-state index is -0.277. The summed E-state index contributed by atoms with van der Waals surface area (Å²) in [5, 5.41) is 0. The standard InChI is InChI=1S/C19H26O2/c1-18-8-2-3-16(18)15-5-4-13-11-14(21)6-10-19(13,12-20)17(15)7-9-18/h11-12,15-17H,2-10H2,1H3/t15-,16-,17+,18-,19+/m0/s1. The normalized spacial score (nSPS) is 48.9. The van der Waals surface area contributed by atoms with Crippen molar-refractivity contribution >= 4 is 12.1 Å². The van der Waals surface area contributed by atoms with Gasteiger partial charge in [-0.15, -0.1) is 0 Å². The van der Waals surface area contributed by atoms with Gasteiger partial charge in [-0.25, -0.2) is 0 Å². The second-order valence-corrected chi connectivity index (χ2v) is 8.29. The Morgan fingerprint density at radius 2 is 1.95 bits per heavy atom. The fourth-order valence-corrected chi connectivity index (χ4v) is 6.49. The number of carbonyl (C=O) groups excluding carboxylic acids is 2. The van der Waals surface area contributed by atoms with E-state index in [-0.39, 0.29) is 11.2 Å². The lowest BCUT2D eigenvalue weighted by Gasteiger charge is -2.56. The Hall–Kier alpha value is -0.920. The topological polar surface area (TPSA) is 34.1 Å². The molecule has 0 spiro atoms. The highest BCUT2D eigenvalue weighted by atomic mass is 16.1. The average Bonchev–Trinajstić information content (AvgIpc) is 2.88. The summed E-state index contributed by atoms with van der Waals surface area (Å²) in [6.07, 6.45) is 13.2. The number of allylic oxidation sites excluding steroid dienone is 1. The molecule has 4 aliphatic carbocycles. The van der Waals surface area contributed by atoms with Crippen LogP contribution in [-0.4, -0.2) is 12.1 Å². The van der Waals surface area contributed by atoms with Crippen molar-refractivity contribution in [3.63, 3.8) is 0 Å². The van der Waals surface area contributed by atoms with Crippen LogP contribution in [0, 0.1) is 28.6 Å². The van der Waals surface area contributed by atoms with E-state index in [4.69, 9.17) is 0 Å². The molecule has 0 aromatic heterocycles. The second-order valence-electron chi connectivity index (χ2n) is 8.29. The zero-order chi connectivity index (χ0) is 14.7. The number of rotatable bonds is 1. The van der Waals surface area contributed by atoms with Gasteiger partial charge >= 0.3 is 0 Å². The van der Waals surface area contributed by atoms with E-state index in [1.54, 1.807) is 0 Å². The SMILES string of the molecule is C[C@@]12CCC[C@H]1[C@@H]1CCC3=CC(=O)CC[C@]3(C=O)[C@@H]1CC2. The third-order valence-electron chi connectivity index (χ3n) is 7.56. The molecule has 3 saturated carbocycles. The first-order valence-corrected chi connectivity index (χ1v) is 8.79. The summed E-state index contributed by atoms with van der Waals surface area (Å²) in [6.45, 7) is 2.49. The lowest BCUT2D eigenvalue weighted by molar-refractivity contribution is -0.127. The number of aldehydes is 1. The number of hydrogen-bond donors (Lipinski definition) is 0. The maximum absolute atomic E-state index is 12.1. The smallest absolute Gasteiger partial charge is 0.155 e. The molecular formula is C19H26O2. The van der Waals surface area contributed by atoms with E-state index in [0.717, 1.165) is 24.7 Å². The van der Waals surface area contributed by atoms with Crippen LogP contribution in [0.15, 0.2) is 11.6 Å². The molecule has 0 bridgehead atoms. The highest BCUT2D eigenvalue weighted by molar-refractivity contribution is 5.93. The Morgan fingerprint density at radius 3 is 2.76 bits per heavy atom. The van der Waals surface area contributed by atoms with Crippen LogP contribution < -0.4 is 0 Å². The van der Waals surface area contributed by atoms with Gasteiger partial charge in [0.05, 0.1) is 5.41 Å². The van der Waals surface area contributed by atoms with Crippen molar-refractivity contribution in [2.75, 3.05) is 0 Å². The van der Waals surface area contributed by atoms with Crippen molar-refractivity contribution < 1.29 is 9.59 Å². The van der Waals surface area contributed by atoms with Gasteiger partial charge in [-0.2, -0.15) is 0 Å². The molecule has 2 nitrogen and oxygen atoms in total.